The molecule has 1 heterocycles. The van der Waals surface area contributed by atoms with Crippen LogP contribution >= 0.6 is 11.8 Å². The molecule has 0 aliphatic carbocycles. The average molecular weight is 283 g/mol. The number of alkyl halides is 3. The van der Waals surface area contributed by atoms with Crippen molar-refractivity contribution in [3.8, 4) is 0 Å². The van der Waals surface area contributed by atoms with E-state index in [0.717, 1.165) is 5.69 Å². The van der Waals surface area contributed by atoms with E-state index >= 15 is 0 Å². The number of methoxy groups -OCH3 is 1. The minimum Gasteiger partial charge on any atom is -0.383 e. The lowest BCUT2D eigenvalue weighted by molar-refractivity contribution is -0.0328. The van der Waals surface area contributed by atoms with Gasteiger partial charge in [-0.05, 0) is 17.8 Å². The number of aromatic nitrogens is 2. The zero-order valence-corrected chi connectivity index (χ0v) is 10.9. The van der Waals surface area contributed by atoms with Crippen molar-refractivity contribution in [2.24, 2.45) is 0 Å². The zero-order chi connectivity index (χ0) is 13.4. The summed E-state index contributed by atoms with van der Waals surface area (Å²) < 4.78 is 42.4. The van der Waals surface area contributed by atoms with E-state index < -0.39 is 5.51 Å². The third-order valence-corrected chi connectivity index (χ3v) is 2.88. The smallest absolute Gasteiger partial charge is 0.383 e. The SMILES string of the molecule is COCCNCc1ccnn1CCSC(F)(F)F. The maximum Gasteiger partial charge on any atom is 0.441 e. The third kappa shape index (κ3) is 6.27. The molecule has 0 aliphatic heterocycles. The molecule has 0 bridgehead atoms. The summed E-state index contributed by atoms with van der Waals surface area (Å²) in [5.74, 6) is -0.0315. The Hall–Kier alpha value is -0.730. The van der Waals surface area contributed by atoms with Crippen molar-refractivity contribution in [1.82, 2.24) is 15.1 Å². The van der Waals surface area contributed by atoms with E-state index in [9.17, 15) is 13.2 Å². The fourth-order valence-corrected chi connectivity index (χ4v) is 1.85. The van der Waals surface area contributed by atoms with Crippen LogP contribution in [0, 0.1) is 0 Å². The first-order valence-corrected chi connectivity index (χ1v) is 6.42. The molecule has 0 aromatic carbocycles. The van der Waals surface area contributed by atoms with Crippen LogP contribution < -0.4 is 5.32 Å². The van der Waals surface area contributed by atoms with Crippen molar-refractivity contribution in [2.45, 2.75) is 18.6 Å². The molecular weight excluding hydrogens is 267 g/mol. The standard InChI is InChI=1S/C10H16F3N3OS/c1-17-6-4-14-8-9-2-3-15-16(9)5-7-18-10(11,12)13/h2-3,14H,4-8H2,1H3. The average Bonchev–Trinajstić information content (AvgIpc) is 2.71. The lowest BCUT2D eigenvalue weighted by Crippen LogP contribution is -2.21. The number of aryl methyl sites for hydroxylation is 1. The summed E-state index contributed by atoms with van der Waals surface area (Å²) in [7, 11) is 1.61. The second-order valence-corrected chi connectivity index (χ2v) is 4.67. The molecule has 8 heteroatoms. The van der Waals surface area contributed by atoms with Crippen molar-refractivity contribution in [2.75, 3.05) is 26.0 Å². The summed E-state index contributed by atoms with van der Waals surface area (Å²) >= 11 is -0.0288. The first kappa shape index (κ1) is 15.3. The molecule has 0 saturated heterocycles. The predicted octanol–water partition coefficient (Wildman–Crippen LogP) is 1.87. The zero-order valence-electron chi connectivity index (χ0n) is 10.0. The molecule has 1 N–H and O–H groups in total. The molecule has 0 fully saturated rings. The monoisotopic (exact) mass is 283 g/mol. The summed E-state index contributed by atoms with van der Waals surface area (Å²) in [6.07, 6.45) is 1.59. The number of nitrogens with zero attached hydrogens (tertiary/aromatic N) is 2. The molecule has 0 unspecified atom stereocenters. The van der Waals surface area contributed by atoms with Crippen LogP contribution in [0.1, 0.15) is 5.69 Å². The number of hydrogen-bond donors (Lipinski definition) is 1. The fraction of sp³-hybridized carbons (Fsp3) is 0.700. The van der Waals surface area contributed by atoms with Gasteiger partial charge in [-0.3, -0.25) is 4.68 Å². The Morgan fingerprint density at radius 1 is 1.50 bits per heavy atom. The van der Waals surface area contributed by atoms with Crippen LogP contribution in [0.15, 0.2) is 12.3 Å². The number of rotatable bonds is 8. The summed E-state index contributed by atoms with van der Waals surface area (Å²) in [5.41, 5.74) is -3.31. The molecule has 0 atom stereocenters. The number of hydrogen-bond acceptors (Lipinski definition) is 4. The Labute approximate surface area is 108 Å². The molecule has 0 saturated carbocycles. The highest BCUT2D eigenvalue weighted by Gasteiger charge is 2.27. The molecule has 4 nitrogen and oxygen atoms in total. The molecule has 0 spiro atoms. The Bertz CT molecular complexity index is 343. The van der Waals surface area contributed by atoms with Gasteiger partial charge in [-0.1, -0.05) is 0 Å². The first-order valence-electron chi connectivity index (χ1n) is 5.44. The number of thioether (sulfide) groups is 1. The van der Waals surface area contributed by atoms with Crippen LogP contribution in [0.4, 0.5) is 13.2 Å². The Balaban J connectivity index is 2.31. The molecule has 1 rings (SSSR count). The second-order valence-electron chi connectivity index (χ2n) is 3.51. The van der Waals surface area contributed by atoms with E-state index in [0.29, 0.717) is 19.7 Å². The topological polar surface area (TPSA) is 39.1 Å². The van der Waals surface area contributed by atoms with Crippen LogP contribution in [0.2, 0.25) is 0 Å². The molecule has 18 heavy (non-hydrogen) atoms. The minimum absolute atomic E-state index is 0.0288. The van der Waals surface area contributed by atoms with Gasteiger partial charge in [0.15, 0.2) is 0 Å². The van der Waals surface area contributed by atoms with E-state index in [-0.39, 0.29) is 24.1 Å². The van der Waals surface area contributed by atoms with Crippen LogP contribution in [0.3, 0.4) is 0 Å². The van der Waals surface area contributed by atoms with E-state index in [2.05, 4.69) is 10.4 Å². The van der Waals surface area contributed by atoms with Crippen molar-refractivity contribution < 1.29 is 17.9 Å². The highest BCUT2D eigenvalue weighted by atomic mass is 32.2. The summed E-state index contributed by atoms with van der Waals surface area (Å²) in [5, 5.41) is 7.12. The van der Waals surface area contributed by atoms with Gasteiger partial charge < -0.3 is 10.1 Å². The number of ether oxygens (including phenoxy) is 1. The minimum atomic E-state index is -4.18. The van der Waals surface area contributed by atoms with Crippen LogP contribution in [-0.2, 0) is 17.8 Å². The highest BCUT2D eigenvalue weighted by Crippen LogP contribution is 2.29. The van der Waals surface area contributed by atoms with Crippen molar-refractivity contribution in [3.63, 3.8) is 0 Å². The van der Waals surface area contributed by atoms with Crippen molar-refractivity contribution >= 4 is 11.8 Å². The van der Waals surface area contributed by atoms with E-state index in [1.807, 2.05) is 0 Å². The lowest BCUT2D eigenvalue weighted by Gasteiger charge is -2.09. The third-order valence-electron chi connectivity index (χ3n) is 2.16. The van der Waals surface area contributed by atoms with Gasteiger partial charge in [-0.25, -0.2) is 0 Å². The summed E-state index contributed by atoms with van der Waals surface area (Å²) in [4.78, 5) is 0. The van der Waals surface area contributed by atoms with Gasteiger partial charge in [0, 0.05) is 32.1 Å². The first-order chi connectivity index (χ1) is 8.53. The Kier molecular flexibility index (Phi) is 6.51. The molecule has 0 amide bonds. The maximum absolute atomic E-state index is 12.0. The predicted molar refractivity (Wildman–Crippen MR) is 64.3 cm³/mol. The van der Waals surface area contributed by atoms with Crippen LogP contribution in [0.5, 0.6) is 0 Å². The largest absolute Gasteiger partial charge is 0.441 e. The van der Waals surface area contributed by atoms with E-state index in [4.69, 9.17) is 4.74 Å². The van der Waals surface area contributed by atoms with Crippen LogP contribution in [-0.4, -0.2) is 41.3 Å². The van der Waals surface area contributed by atoms with E-state index in [1.165, 1.54) is 0 Å². The maximum atomic E-state index is 12.0. The van der Waals surface area contributed by atoms with Crippen LogP contribution in [0.25, 0.3) is 0 Å². The Morgan fingerprint density at radius 3 is 2.94 bits per heavy atom. The van der Waals surface area contributed by atoms with Gasteiger partial charge in [0.2, 0.25) is 0 Å². The van der Waals surface area contributed by atoms with Gasteiger partial charge in [0.25, 0.3) is 0 Å². The Morgan fingerprint density at radius 2 is 2.28 bits per heavy atom. The van der Waals surface area contributed by atoms with E-state index in [1.54, 1.807) is 24.1 Å². The molecular formula is C10H16F3N3OS. The molecule has 0 radical (unpaired) electrons. The number of halogens is 3. The molecule has 1 aromatic rings. The van der Waals surface area contributed by atoms with Gasteiger partial charge in [0.1, 0.15) is 0 Å². The number of nitrogens with one attached hydrogen (secondary N) is 1. The second kappa shape index (κ2) is 7.65. The highest BCUT2D eigenvalue weighted by molar-refractivity contribution is 8.00. The van der Waals surface area contributed by atoms with Crippen molar-refractivity contribution in [1.29, 1.82) is 0 Å². The van der Waals surface area contributed by atoms with Crippen molar-refractivity contribution in [3.05, 3.63) is 18.0 Å². The molecule has 0 aliphatic rings. The quantitative estimate of drug-likeness (QED) is 0.739. The van der Waals surface area contributed by atoms with Gasteiger partial charge in [-0.2, -0.15) is 18.3 Å². The summed E-state index contributed by atoms with van der Waals surface area (Å²) in [6.45, 7) is 2.11. The fourth-order valence-electron chi connectivity index (χ4n) is 1.35. The summed E-state index contributed by atoms with van der Waals surface area (Å²) in [6, 6.07) is 1.79. The van der Waals surface area contributed by atoms with Gasteiger partial charge in [0.05, 0.1) is 18.8 Å². The van der Waals surface area contributed by atoms with Gasteiger partial charge >= 0.3 is 5.51 Å². The molecule has 1 aromatic heterocycles. The lowest BCUT2D eigenvalue weighted by atomic mass is 10.4. The molecule has 104 valence electrons. The van der Waals surface area contributed by atoms with Gasteiger partial charge in [-0.15, -0.1) is 0 Å². The normalized spacial score (nSPS) is 12.0.